The Balaban J connectivity index is 2.33. The highest BCUT2D eigenvalue weighted by Crippen LogP contribution is 2.30. The number of esters is 1. The molecule has 1 aliphatic carbocycles. The minimum absolute atomic E-state index is 0.0943. The molecule has 7 heteroatoms. The van der Waals surface area contributed by atoms with Crippen molar-refractivity contribution in [2.45, 2.75) is 111 Å². The zero-order chi connectivity index (χ0) is 22.5. The van der Waals surface area contributed by atoms with Gasteiger partial charge in [0.15, 0.2) is 0 Å². The molecular formula is C23H41NO6. The molecule has 0 aromatic carbocycles. The molecule has 4 atom stereocenters. The van der Waals surface area contributed by atoms with Crippen molar-refractivity contribution in [1.82, 2.24) is 5.32 Å². The molecular weight excluding hydrogens is 386 g/mol. The maximum Gasteiger partial charge on any atom is 0.410 e. The van der Waals surface area contributed by atoms with E-state index in [0.29, 0.717) is 11.8 Å². The zero-order valence-corrected chi connectivity index (χ0v) is 19.2. The Morgan fingerprint density at radius 3 is 2.43 bits per heavy atom. The van der Waals surface area contributed by atoms with E-state index in [1.807, 2.05) is 13.8 Å². The van der Waals surface area contributed by atoms with E-state index in [0.717, 1.165) is 51.4 Å². The number of carboxylic acids is 1. The molecule has 0 heterocycles. The molecule has 0 spiro atoms. The number of amides is 1. The maximum atomic E-state index is 12.3. The smallest absolute Gasteiger partial charge is 0.410 e. The Hall–Kier alpha value is -1.79. The predicted molar refractivity (Wildman–Crippen MR) is 115 cm³/mol. The van der Waals surface area contributed by atoms with Crippen LogP contribution in [0.25, 0.3) is 0 Å². The highest BCUT2D eigenvalue weighted by Gasteiger charge is 2.27. The van der Waals surface area contributed by atoms with E-state index >= 15 is 0 Å². The van der Waals surface area contributed by atoms with Crippen LogP contribution in [0.5, 0.6) is 0 Å². The highest BCUT2D eigenvalue weighted by atomic mass is 16.7. The minimum Gasteiger partial charge on any atom is -0.481 e. The third-order valence-electron chi connectivity index (χ3n) is 5.81. The number of aliphatic carboxylic acids is 1. The summed E-state index contributed by atoms with van der Waals surface area (Å²) in [5, 5.41) is 11.7. The lowest BCUT2D eigenvalue weighted by Crippen LogP contribution is -2.41. The van der Waals surface area contributed by atoms with Gasteiger partial charge in [0.25, 0.3) is 6.29 Å². The Morgan fingerprint density at radius 1 is 1.07 bits per heavy atom. The first-order valence-corrected chi connectivity index (χ1v) is 11.6. The summed E-state index contributed by atoms with van der Waals surface area (Å²) in [4.78, 5) is 34.4. The topological polar surface area (TPSA) is 102 Å². The number of carboxylic acid groups (broad SMARTS) is 1. The van der Waals surface area contributed by atoms with Crippen molar-refractivity contribution in [3.63, 3.8) is 0 Å². The lowest BCUT2D eigenvalue weighted by atomic mass is 9.81. The highest BCUT2D eigenvalue weighted by molar-refractivity contribution is 5.70. The van der Waals surface area contributed by atoms with Crippen molar-refractivity contribution in [3.8, 4) is 0 Å². The van der Waals surface area contributed by atoms with Crippen molar-refractivity contribution in [2.75, 3.05) is 0 Å². The van der Waals surface area contributed by atoms with Gasteiger partial charge in [0.2, 0.25) is 0 Å². The van der Waals surface area contributed by atoms with Crippen LogP contribution in [-0.4, -0.2) is 35.5 Å². The summed E-state index contributed by atoms with van der Waals surface area (Å²) < 4.78 is 10.6. The van der Waals surface area contributed by atoms with E-state index < -0.39 is 18.4 Å². The summed E-state index contributed by atoms with van der Waals surface area (Å²) in [6, 6.07) is 0.0943. The van der Waals surface area contributed by atoms with Crippen molar-refractivity contribution < 1.29 is 29.0 Å². The average molecular weight is 428 g/mol. The molecule has 1 amide bonds. The van der Waals surface area contributed by atoms with Crippen molar-refractivity contribution in [3.05, 3.63) is 0 Å². The lowest BCUT2D eigenvalue weighted by molar-refractivity contribution is -0.174. The van der Waals surface area contributed by atoms with Gasteiger partial charge in [-0.05, 0) is 31.1 Å². The van der Waals surface area contributed by atoms with Crippen LogP contribution in [-0.2, 0) is 19.1 Å². The molecule has 0 aromatic heterocycles. The van der Waals surface area contributed by atoms with Gasteiger partial charge in [-0.25, -0.2) is 4.79 Å². The van der Waals surface area contributed by atoms with Crippen LogP contribution in [0.2, 0.25) is 0 Å². The largest absolute Gasteiger partial charge is 0.481 e. The molecule has 1 aliphatic rings. The zero-order valence-electron chi connectivity index (χ0n) is 19.2. The first-order chi connectivity index (χ1) is 14.2. The molecule has 2 N–H and O–H groups in total. The van der Waals surface area contributed by atoms with Gasteiger partial charge in [0, 0.05) is 24.8 Å². The minimum atomic E-state index is -0.862. The fourth-order valence-corrected chi connectivity index (χ4v) is 3.93. The molecule has 7 nitrogen and oxygen atoms in total. The first kappa shape index (κ1) is 26.2. The summed E-state index contributed by atoms with van der Waals surface area (Å²) in [5.41, 5.74) is 0. The van der Waals surface area contributed by atoms with Gasteiger partial charge in [-0.1, -0.05) is 66.2 Å². The van der Waals surface area contributed by atoms with Gasteiger partial charge in [0.05, 0.1) is 0 Å². The number of alkyl carbamates (subject to hydrolysis) is 1. The van der Waals surface area contributed by atoms with E-state index in [1.165, 1.54) is 6.42 Å². The van der Waals surface area contributed by atoms with E-state index in [2.05, 4.69) is 12.2 Å². The maximum absolute atomic E-state index is 12.3. The van der Waals surface area contributed by atoms with Gasteiger partial charge >= 0.3 is 18.0 Å². The van der Waals surface area contributed by atoms with E-state index in [9.17, 15) is 14.4 Å². The molecule has 2 unspecified atom stereocenters. The molecule has 0 bridgehead atoms. The fourth-order valence-electron chi connectivity index (χ4n) is 3.93. The van der Waals surface area contributed by atoms with E-state index in [1.54, 1.807) is 6.92 Å². The van der Waals surface area contributed by atoms with Crippen LogP contribution in [0.1, 0.15) is 98.3 Å². The van der Waals surface area contributed by atoms with Crippen molar-refractivity contribution >= 4 is 18.0 Å². The molecule has 1 fully saturated rings. The predicted octanol–water partition coefficient (Wildman–Crippen LogP) is 5.27. The van der Waals surface area contributed by atoms with E-state index in [4.69, 9.17) is 14.6 Å². The second kappa shape index (κ2) is 14.3. The molecule has 1 rings (SSSR count). The second-order valence-electron chi connectivity index (χ2n) is 9.06. The van der Waals surface area contributed by atoms with Gasteiger partial charge in [0.1, 0.15) is 0 Å². The summed E-state index contributed by atoms with van der Waals surface area (Å²) in [6.45, 7) is 7.64. The van der Waals surface area contributed by atoms with Crippen molar-refractivity contribution in [1.29, 1.82) is 0 Å². The summed E-state index contributed by atoms with van der Waals surface area (Å²) >= 11 is 0. The van der Waals surface area contributed by atoms with Crippen LogP contribution in [0, 0.1) is 17.8 Å². The van der Waals surface area contributed by atoms with Crippen molar-refractivity contribution in [2.24, 2.45) is 17.8 Å². The molecule has 30 heavy (non-hydrogen) atoms. The molecule has 0 radical (unpaired) electrons. The average Bonchev–Trinajstić information content (AvgIpc) is 2.69. The number of hydrogen-bond donors (Lipinski definition) is 2. The molecule has 174 valence electrons. The summed E-state index contributed by atoms with van der Waals surface area (Å²) in [5.74, 6) is -0.0229. The third-order valence-corrected chi connectivity index (χ3v) is 5.81. The first-order valence-electron chi connectivity index (χ1n) is 11.6. The normalized spacial score (nSPS) is 21.0. The molecule has 1 saturated carbocycles. The lowest BCUT2D eigenvalue weighted by Gasteiger charge is -2.31. The Kier molecular flexibility index (Phi) is 12.5. The van der Waals surface area contributed by atoms with E-state index in [-0.39, 0.29) is 30.8 Å². The fraction of sp³-hybridized carbons (Fsp3) is 0.870. The standard InChI is InChI=1S/C23H41NO6/c1-5-21(27)29-22(16(2)3)30-23(28)24-19-11-8-10-18(15-19)14-13-17(4)9-6-7-12-20(25)26/h16-19,22H,5-15H2,1-4H3,(H,24,28)(H,25,26)/t17-,18?,19?,22+/m1/s1. The molecule has 0 aromatic rings. The summed E-state index contributed by atoms with van der Waals surface area (Å²) in [7, 11) is 0. The second-order valence-corrected chi connectivity index (χ2v) is 9.06. The third kappa shape index (κ3) is 11.4. The number of carbonyl (C=O) groups excluding carboxylic acids is 2. The van der Waals surface area contributed by atoms with Gasteiger partial charge in [-0.2, -0.15) is 0 Å². The van der Waals surface area contributed by atoms with Gasteiger partial charge < -0.3 is 19.9 Å². The monoisotopic (exact) mass is 427 g/mol. The Labute approximate surface area is 181 Å². The summed E-state index contributed by atoms with van der Waals surface area (Å²) in [6.07, 6.45) is 8.34. The number of rotatable bonds is 13. The number of hydrogen-bond acceptors (Lipinski definition) is 5. The van der Waals surface area contributed by atoms with Crippen LogP contribution in [0.15, 0.2) is 0 Å². The van der Waals surface area contributed by atoms with Crippen LogP contribution < -0.4 is 5.32 Å². The Bertz CT molecular complexity index is 536. The number of unbranched alkanes of at least 4 members (excludes halogenated alkanes) is 1. The van der Waals surface area contributed by atoms with Gasteiger partial charge in [-0.3, -0.25) is 9.59 Å². The van der Waals surface area contributed by atoms with Crippen LogP contribution in [0.4, 0.5) is 4.79 Å². The van der Waals surface area contributed by atoms with Crippen LogP contribution >= 0.6 is 0 Å². The van der Waals surface area contributed by atoms with Crippen LogP contribution in [0.3, 0.4) is 0 Å². The quantitative estimate of drug-likeness (QED) is 0.236. The SMILES string of the molecule is CCC(=O)O[C@@H](OC(=O)NC1CCCC(CC[C@H](C)CCCCC(=O)O)C1)C(C)C. The number of ether oxygens (including phenoxy) is 2. The Morgan fingerprint density at radius 2 is 1.80 bits per heavy atom. The number of carbonyl (C=O) groups is 3. The molecule has 0 saturated heterocycles. The van der Waals surface area contributed by atoms with Gasteiger partial charge in [-0.15, -0.1) is 0 Å². The molecule has 0 aliphatic heterocycles. The number of nitrogens with one attached hydrogen (secondary N) is 1.